The van der Waals surface area contributed by atoms with Crippen molar-refractivity contribution in [1.29, 1.82) is 0 Å². The Hall–Kier alpha value is -3.81. The molecule has 2 heterocycles. The first kappa shape index (κ1) is 18.2. The highest BCUT2D eigenvalue weighted by Gasteiger charge is 2.42. The van der Waals surface area contributed by atoms with Gasteiger partial charge in [-0.1, -0.05) is 46.7 Å². The smallest absolute Gasteiger partial charge is 0.422 e. The average molecular weight is 410 g/mol. The number of halogens is 3. The summed E-state index contributed by atoms with van der Waals surface area (Å²) >= 11 is 0. The van der Waals surface area contributed by atoms with Gasteiger partial charge in [-0.05, 0) is 29.7 Å². The second-order valence-electron chi connectivity index (χ2n) is 6.66. The van der Waals surface area contributed by atoms with Crippen LogP contribution in [-0.4, -0.2) is 17.4 Å². The number of methoxy groups -OCH3 is 1. The Morgan fingerprint density at radius 1 is 0.833 bits per heavy atom. The minimum atomic E-state index is -4.70. The van der Waals surface area contributed by atoms with Crippen molar-refractivity contribution < 1.29 is 27.0 Å². The second kappa shape index (κ2) is 6.62. The summed E-state index contributed by atoms with van der Waals surface area (Å²) < 4.78 is 57.6. The van der Waals surface area contributed by atoms with E-state index in [1.165, 1.54) is 12.1 Å². The van der Waals surface area contributed by atoms with E-state index in [4.69, 9.17) is 13.8 Å². The van der Waals surface area contributed by atoms with Gasteiger partial charge < -0.3 is 13.8 Å². The van der Waals surface area contributed by atoms with Crippen LogP contribution in [0.5, 0.6) is 5.75 Å². The molecule has 150 valence electrons. The molecule has 8 heteroatoms. The number of hydrogen-bond donors (Lipinski definition) is 0. The van der Waals surface area contributed by atoms with E-state index in [9.17, 15) is 13.2 Å². The highest BCUT2D eigenvalue weighted by Crippen LogP contribution is 2.45. The maximum absolute atomic E-state index is 14.0. The second-order valence-corrected chi connectivity index (χ2v) is 6.66. The molecule has 0 aliphatic rings. The van der Waals surface area contributed by atoms with Gasteiger partial charge in [0, 0.05) is 10.9 Å². The molecule has 0 unspecified atom stereocenters. The molecule has 0 saturated heterocycles. The molecule has 0 N–H and O–H groups in total. The quantitative estimate of drug-likeness (QED) is 0.348. The Kier molecular flexibility index (Phi) is 4.02. The minimum absolute atomic E-state index is 0.0963. The first-order valence-corrected chi connectivity index (χ1v) is 8.96. The van der Waals surface area contributed by atoms with Crippen molar-refractivity contribution >= 4 is 21.7 Å². The third kappa shape index (κ3) is 2.80. The van der Waals surface area contributed by atoms with Gasteiger partial charge in [0.1, 0.15) is 16.8 Å². The number of fused-ring (bicyclic) bond motifs is 3. The van der Waals surface area contributed by atoms with Gasteiger partial charge in [0.15, 0.2) is 17.2 Å². The molecule has 0 radical (unpaired) electrons. The van der Waals surface area contributed by atoms with Crippen LogP contribution < -0.4 is 4.74 Å². The number of alkyl halides is 3. The first-order valence-electron chi connectivity index (χ1n) is 8.96. The van der Waals surface area contributed by atoms with Crippen LogP contribution in [0.1, 0.15) is 5.56 Å². The molecule has 5 nitrogen and oxygen atoms in total. The third-order valence-electron chi connectivity index (χ3n) is 4.90. The van der Waals surface area contributed by atoms with E-state index in [-0.39, 0.29) is 17.1 Å². The standard InChI is InChI=1S/C22H13F3N2O3/c1-28-14-8-10-15-13(11-14)7-9-16-18(15)26-30-21(16)19-17(22(23,24)25)20(29-27-19)12-5-3-2-4-6-12/h2-11H,1H3. The van der Waals surface area contributed by atoms with Crippen LogP contribution in [0.2, 0.25) is 0 Å². The van der Waals surface area contributed by atoms with Crippen molar-refractivity contribution in [2.75, 3.05) is 7.11 Å². The van der Waals surface area contributed by atoms with Crippen LogP contribution in [0.15, 0.2) is 69.7 Å². The Morgan fingerprint density at radius 3 is 2.30 bits per heavy atom. The monoisotopic (exact) mass is 410 g/mol. The number of nitrogens with zero attached hydrogens (tertiary/aromatic N) is 2. The Morgan fingerprint density at radius 2 is 1.57 bits per heavy atom. The lowest BCUT2D eigenvalue weighted by molar-refractivity contribution is -0.136. The molecule has 0 amide bonds. The van der Waals surface area contributed by atoms with Gasteiger partial charge in [-0.3, -0.25) is 0 Å². The molecule has 5 rings (SSSR count). The molecule has 0 spiro atoms. The summed E-state index contributed by atoms with van der Waals surface area (Å²) in [5.74, 6) is 0.197. The summed E-state index contributed by atoms with van der Waals surface area (Å²) in [4.78, 5) is 0. The summed E-state index contributed by atoms with van der Waals surface area (Å²) in [7, 11) is 1.56. The zero-order valence-electron chi connectivity index (χ0n) is 15.5. The highest BCUT2D eigenvalue weighted by atomic mass is 19.4. The molecule has 3 aromatic carbocycles. The predicted molar refractivity (Wildman–Crippen MR) is 104 cm³/mol. The van der Waals surface area contributed by atoms with Gasteiger partial charge in [-0.25, -0.2) is 0 Å². The maximum Gasteiger partial charge on any atom is 0.422 e. The molecule has 30 heavy (non-hydrogen) atoms. The largest absolute Gasteiger partial charge is 0.497 e. The van der Waals surface area contributed by atoms with Gasteiger partial charge in [0.05, 0.1) is 12.5 Å². The lowest BCUT2D eigenvalue weighted by atomic mass is 10.0. The summed E-state index contributed by atoms with van der Waals surface area (Å²) in [6.07, 6.45) is -4.70. The third-order valence-corrected chi connectivity index (χ3v) is 4.90. The molecule has 0 atom stereocenters. The molecular formula is C22H13F3N2O3. The fourth-order valence-electron chi connectivity index (χ4n) is 3.51. The molecule has 5 aromatic rings. The lowest BCUT2D eigenvalue weighted by Crippen LogP contribution is -2.07. The fraction of sp³-hybridized carbons (Fsp3) is 0.0909. The van der Waals surface area contributed by atoms with Gasteiger partial charge in [0.25, 0.3) is 0 Å². The van der Waals surface area contributed by atoms with Crippen LogP contribution in [-0.2, 0) is 6.18 Å². The maximum atomic E-state index is 14.0. The predicted octanol–water partition coefficient (Wildman–Crippen LogP) is 6.33. The van der Waals surface area contributed by atoms with E-state index in [0.717, 1.165) is 10.8 Å². The molecule has 0 aliphatic carbocycles. The Balaban J connectivity index is 1.75. The number of aromatic nitrogens is 2. The van der Waals surface area contributed by atoms with Crippen LogP contribution in [0.25, 0.3) is 44.5 Å². The van der Waals surface area contributed by atoms with Crippen LogP contribution in [0.4, 0.5) is 13.2 Å². The van der Waals surface area contributed by atoms with Crippen LogP contribution in [0.3, 0.4) is 0 Å². The Labute approximate surface area is 167 Å². The number of rotatable bonds is 3. The van der Waals surface area contributed by atoms with Crippen LogP contribution >= 0.6 is 0 Å². The van der Waals surface area contributed by atoms with Crippen molar-refractivity contribution in [3.63, 3.8) is 0 Å². The van der Waals surface area contributed by atoms with E-state index >= 15 is 0 Å². The molecule has 2 aromatic heterocycles. The van der Waals surface area contributed by atoms with Crippen molar-refractivity contribution in [2.24, 2.45) is 0 Å². The molecule has 0 saturated carbocycles. The van der Waals surface area contributed by atoms with E-state index in [1.54, 1.807) is 49.6 Å². The number of ether oxygens (including phenoxy) is 1. The zero-order valence-corrected chi connectivity index (χ0v) is 15.5. The zero-order chi connectivity index (χ0) is 20.9. The van der Waals surface area contributed by atoms with Gasteiger partial charge in [0.2, 0.25) is 0 Å². The summed E-state index contributed by atoms with van der Waals surface area (Å²) in [5, 5.41) is 9.69. The highest BCUT2D eigenvalue weighted by molar-refractivity contribution is 6.09. The minimum Gasteiger partial charge on any atom is -0.497 e. The SMILES string of the molecule is COc1ccc2c(ccc3c(-c4noc(-c5ccccc5)c4C(F)(F)F)onc32)c1. The van der Waals surface area contributed by atoms with E-state index < -0.39 is 17.4 Å². The molecule has 0 fully saturated rings. The van der Waals surface area contributed by atoms with Gasteiger partial charge in [-0.2, -0.15) is 13.2 Å². The number of benzene rings is 3. The van der Waals surface area contributed by atoms with Gasteiger partial charge >= 0.3 is 6.18 Å². The van der Waals surface area contributed by atoms with E-state index in [0.29, 0.717) is 16.7 Å². The van der Waals surface area contributed by atoms with Crippen molar-refractivity contribution in [3.8, 4) is 28.5 Å². The summed E-state index contributed by atoms with van der Waals surface area (Å²) in [6, 6.07) is 16.8. The van der Waals surface area contributed by atoms with Crippen LogP contribution in [0, 0.1) is 0 Å². The molecule has 0 aliphatic heterocycles. The van der Waals surface area contributed by atoms with Gasteiger partial charge in [-0.15, -0.1) is 0 Å². The normalized spacial score (nSPS) is 12.0. The van der Waals surface area contributed by atoms with Crippen molar-refractivity contribution in [3.05, 3.63) is 66.2 Å². The van der Waals surface area contributed by atoms with E-state index in [2.05, 4.69) is 10.3 Å². The molecular weight excluding hydrogens is 397 g/mol. The topological polar surface area (TPSA) is 61.3 Å². The molecule has 0 bridgehead atoms. The first-order chi connectivity index (χ1) is 14.5. The van der Waals surface area contributed by atoms with Crippen molar-refractivity contribution in [2.45, 2.75) is 6.18 Å². The fourth-order valence-corrected chi connectivity index (χ4v) is 3.51. The Bertz CT molecular complexity index is 1370. The average Bonchev–Trinajstić information content (AvgIpc) is 3.38. The van der Waals surface area contributed by atoms with Crippen molar-refractivity contribution in [1.82, 2.24) is 10.3 Å². The lowest BCUT2D eigenvalue weighted by Gasteiger charge is -2.07. The van der Waals surface area contributed by atoms with E-state index in [1.807, 2.05) is 6.07 Å². The summed E-state index contributed by atoms with van der Waals surface area (Å²) in [6.45, 7) is 0. The number of hydrogen-bond acceptors (Lipinski definition) is 5. The summed E-state index contributed by atoms with van der Waals surface area (Å²) in [5.41, 5.74) is -0.731.